The molecule has 0 bridgehead atoms. The first-order valence-electron chi connectivity index (χ1n) is 5.62. The first-order chi connectivity index (χ1) is 9.00. The van der Waals surface area contributed by atoms with Crippen molar-refractivity contribution in [2.75, 3.05) is 6.61 Å². The molecule has 7 nitrogen and oxygen atoms in total. The Morgan fingerprint density at radius 1 is 1.53 bits per heavy atom. The van der Waals surface area contributed by atoms with Gasteiger partial charge < -0.3 is 9.47 Å². The van der Waals surface area contributed by atoms with E-state index in [1.54, 1.807) is 13.0 Å². The van der Waals surface area contributed by atoms with Gasteiger partial charge in [0, 0.05) is 12.5 Å². The quantitative estimate of drug-likeness (QED) is 0.465. The second-order valence-electron chi connectivity index (χ2n) is 4.08. The van der Waals surface area contributed by atoms with Gasteiger partial charge in [-0.2, -0.15) is 0 Å². The van der Waals surface area contributed by atoms with Gasteiger partial charge in [-0.25, -0.2) is 9.59 Å². The lowest BCUT2D eigenvalue weighted by atomic mass is 10.1. The van der Waals surface area contributed by atoms with Crippen molar-refractivity contribution in [3.05, 3.63) is 39.4 Å². The van der Waals surface area contributed by atoms with E-state index in [4.69, 9.17) is 4.74 Å². The third-order valence-corrected chi connectivity index (χ3v) is 2.79. The maximum atomic E-state index is 12.0. The molecule has 1 heterocycles. The van der Waals surface area contributed by atoms with Crippen molar-refractivity contribution < 1.29 is 24.0 Å². The number of benzene rings is 1. The molecular formula is C12H11NO6. The van der Waals surface area contributed by atoms with Gasteiger partial charge in [0.1, 0.15) is 5.56 Å². The van der Waals surface area contributed by atoms with Gasteiger partial charge in [0.25, 0.3) is 5.69 Å². The number of nitro benzene ring substituents is 1. The van der Waals surface area contributed by atoms with E-state index < -0.39 is 23.0 Å². The van der Waals surface area contributed by atoms with Crippen LogP contribution in [0.4, 0.5) is 5.69 Å². The molecule has 0 radical (unpaired) electrons. The highest BCUT2D eigenvalue weighted by molar-refractivity contribution is 5.97. The number of rotatable bonds is 3. The Morgan fingerprint density at radius 2 is 2.26 bits per heavy atom. The van der Waals surface area contributed by atoms with Crippen LogP contribution in [0.25, 0.3) is 0 Å². The second kappa shape index (κ2) is 5.05. The maximum absolute atomic E-state index is 12.0. The van der Waals surface area contributed by atoms with Crippen LogP contribution in [0.5, 0.6) is 0 Å². The Morgan fingerprint density at radius 3 is 2.84 bits per heavy atom. The van der Waals surface area contributed by atoms with Crippen LogP contribution in [0.15, 0.2) is 18.2 Å². The van der Waals surface area contributed by atoms with Crippen LogP contribution in [0.2, 0.25) is 0 Å². The number of esters is 2. The van der Waals surface area contributed by atoms with E-state index in [1.807, 2.05) is 0 Å². The van der Waals surface area contributed by atoms with E-state index in [-0.39, 0.29) is 24.3 Å². The third-order valence-electron chi connectivity index (χ3n) is 2.79. The fourth-order valence-electron chi connectivity index (χ4n) is 1.84. The summed E-state index contributed by atoms with van der Waals surface area (Å²) in [7, 11) is 0. The minimum absolute atomic E-state index is 0.132. The zero-order chi connectivity index (χ0) is 14.0. The molecule has 100 valence electrons. The highest BCUT2D eigenvalue weighted by atomic mass is 16.6. The van der Waals surface area contributed by atoms with Crippen LogP contribution >= 0.6 is 0 Å². The lowest BCUT2D eigenvalue weighted by Crippen LogP contribution is -2.23. The van der Waals surface area contributed by atoms with E-state index in [0.717, 1.165) is 0 Å². The summed E-state index contributed by atoms with van der Waals surface area (Å²) < 4.78 is 9.62. The molecule has 2 rings (SSSR count). The van der Waals surface area contributed by atoms with E-state index in [2.05, 4.69) is 4.74 Å². The third kappa shape index (κ3) is 2.54. The number of ether oxygens (including phenoxy) is 2. The fraction of sp³-hybridized carbons (Fsp3) is 0.333. The lowest BCUT2D eigenvalue weighted by Gasteiger charge is -2.10. The summed E-state index contributed by atoms with van der Waals surface area (Å²) in [6, 6.07) is 4.27. The van der Waals surface area contributed by atoms with E-state index in [1.165, 1.54) is 12.1 Å². The van der Waals surface area contributed by atoms with Crippen molar-refractivity contribution in [2.24, 2.45) is 0 Å². The highest BCUT2D eigenvalue weighted by Crippen LogP contribution is 2.24. The van der Waals surface area contributed by atoms with Crippen molar-refractivity contribution in [1.29, 1.82) is 0 Å². The number of carbonyl (C=O) groups is 2. The molecule has 1 saturated heterocycles. The molecule has 1 atom stereocenters. The molecule has 1 aromatic rings. The molecule has 0 N–H and O–H groups in total. The SMILES string of the molecule is Cc1cccc([N+](=O)[O-])c1C(=O)O[C@H]1CCOC1=O. The summed E-state index contributed by atoms with van der Waals surface area (Å²) in [4.78, 5) is 33.4. The zero-order valence-electron chi connectivity index (χ0n) is 10.1. The van der Waals surface area contributed by atoms with Gasteiger partial charge in [0.2, 0.25) is 6.10 Å². The zero-order valence-corrected chi connectivity index (χ0v) is 10.1. The first-order valence-corrected chi connectivity index (χ1v) is 5.62. The van der Waals surface area contributed by atoms with Crippen molar-refractivity contribution in [3.63, 3.8) is 0 Å². The van der Waals surface area contributed by atoms with E-state index >= 15 is 0 Å². The number of hydrogen-bond acceptors (Lipinski definition) is 6. The molecule has 7 heteroatoms. The topological polar surface area (TPSA) is 95.7 Å². The number of cyclic esters (lactones) is 1. The number of carbonyl (C=O) groups excluding carboxylic acids is 2. The Bertz CT molecular complexity index is 553. The average molecular weight is 265 g/mol. The largest absolute Gasteiger partial charge is 0.463 e. The highest BCUT2D eigenvalue weighted by Gasteiger charge is 2.33. The Balaban J connectivity index is 2.28. The molecule has 1 aromatic carbocycles. The summed E-state index contributed by atoms with van der Waals surface area (Å²) in [5.41, 5.74) is -0.0471. The molecule has 0 aromatic heterocycles. The van der Waals surface area contributed by atoms with Gasteiger partial charge in [-0.15, -0.1) is 0 Å². The number of aryl methyl sites for hydroxylation is 1. The van der Waals surface area contributed by atoms with Crippen LogP contribution in [0.3, 0.4) is 0 Å². The maximum Gasteiger partial charge on any atom is 0.347 e. The predicted molar refractivity (Wildman–Crippen MR) is 62.6 cm³/mol. The minimum Gasteiger partial charge on any atom is -0.463 e. The van der Waals surface area contributed by atoms with Gasteiger partial charge in [-0.05, 0) is 12.5 Å². The van der Waals surface area contributed by atoms with Gasteiger partial charge in [0.05, 0.1) is 11.5 Å². The average Bonchev–Trinajstić information content (AvgIpc) is 2.74. The predicted octanol–water partition coefficient (Wildman–Crippen LogP) is 1.38. The van der Waals surface area contributed by atoms with Crippen LogP contribution in [0, 0.1) is 17.0 Å². The summed E-state index contributed by atoms with van der Waals surface area (Å²) in [5.74, 6) is -1.50. The molecule has 0 amide bonds. The van der Waals surface area contributed by atoms with Crippen molar-refractivity contribution in [2.45, 2.75) is 19.4 Å². The molecule has 1 fully saturated rings. The number of nitrogens with zero attached hydrogens (tertiary/aromatic N) is 1. The molecule has 1 aliphatic heterocycles. The smallest absolute Gasteiger partial charge is 0.347 e. The summed E-state index contributed by atoms with van der Waals surface area (Å²) in [6.07, 6.45) is -0.712. The summed E-state index contributed by atoms with van der Waals surface area (Å²) >= 11 is 0. The molecule has 19 heavy (non-hydrogen) atoms. The van der Waals surface area contributed by atoms with E-state index in [9.17, 15) is 19.7 Å². The summed E-state index contributed by atoms with van der Waals surface area (Å²) in [6.45, 7) is 1.75. The normalized spacial score (nSPS) is 17.9. The van der Waals surface area contributed by atoms with Crippen LogP contribution in [-0.4, -0.2) is 29.6 Å². The lowest BCUT2D eigenvalue weighted by molar-refractivity contribution is -0.385. The molecule has 0 aliphatic carbocycles. The van der Waals surface area contributed by atoms with Gasteiger partial charge in [-0.1, -0.05) is 12.1 Å². The molecule has 1 aliphatic rings. The van der Waals surface area contributed by atoms with E-state index in [0.29, 0.717) is 5.56 Å². The minimum atomic E-state index is -0.980. The first kappa shape index (κ1) is 13.0. The molecule has 0 unspecified atom stereocenters. The number of nitro groups is 1. The number of hydrogen-bond donors (Lipinski definition) is 0. The van der Waals surface area contributed by atoms with Crippen molar-refractivity contribution >= 4 is 17.6 Å². The Kier molecular flexibility index (Phi) is 3.46. The van der Waals surface area contributed by atoms with Gasteiger partial charge in [0.15, 0.2) is 0 Å². The molecule has 0 spiro atoms. The van der Waals surface area contributed by atoms with Gasteiger partial charge >= 0.3 is 11.9 Å². The molecular weight excluding hydrogens is 254 g/mol. The second-order valence-corrected chi connectivity index (χ2v) is 4.08. The van der Waals surface area contributed by atoms with Crippen molar-refractivity contribution in [3.8, 4) is 0 Å². The van der Waals surface area contributed by atoms with Crippen LogP contribution in [0.1, 0.15) is 22.3 Å². The van der Waals surface area contributed by atoms with Crippen LogP contribution in [-0.2, 0) is 14.3 Å². The van der Waals surface area contributed by atoms with Crippen LogP contribution < -0.4 is 0 Å². The monoisotopic (exact) mass is 265 g/mol. The molecule has 0 saturated carbocycles. The standard InChI is InChI=1S/C12H11NO6/c1-7-3-2-4-8(13(16)17)10(7)12(15)19-9-5-6-18-11(9)14/h2-4,9H,5-6H2,1H3/t9-/m0/s1. The summed E-state index contributed by atoms with van der Waals surface area (Å²) in [5, 5.41) is 10.9. The Labute approximate surface area is 108 Å². The van der Waals surface area contributed by atoms with Gasteiger partial charge in [-0.3, -0.25) is 10.1 Å². The van der Waals surface area contributed by atoms with Crippen molar-refractivity contribution in [1.82, 2.24) is 0 Å². The Hall–Kier alpha value is -2.44. The fourth-order valence-corrected chi connectivity index (χ4v) is 1.84.